The van der Waals surface area contributed by atoms with Crippen LogP contribution in [0.5, 0.6) is 0 Å². The quantitative estimate of drug-likeness (QED) is 0.622. The molecule has 0 aromatic carbocycles. The highest BCUT2D eigenvalue weighted by atomic mass is 32.2. The van der Waals surface area contributed by atoms with Crippen molar-refractivity contribution in [1.82, 2.24) is 10.2 Å². The lowest BCUT2D eigenvalue weighted by atomic mass is 10.3. The van der Waals surface area contributed by atoms with E-state index in [0.717, 1.165) is 26.2 Å². The molecule has 2 atom stereocenters. The number of methoxy groups -OCH3 is 1. The van der Waals surface area contributed by atoms with Crippen LogP contribution < -0.4 is 5.32 Å². The van der Waals surface area contributed by atoms with Crippen molar-refractivity contribution in [2.45, 2.75) is 18.3 Å². The predicted molar refractivity (Wildman–Crippen MR) is 69.1 cm³/mol. The summed E-state index contributed by atoms with van der Waals surface area (Å²) in [5.74, 6) is 1.19. The van der Waals surface area contributed by atoms with Crippen molar-refractivity contribution >= 4 is 11.8 Å². The number of aliphatic hydroxyl groups is 1. The van der Waals surface area contributed by atoms with Gasteiger partial charge in [-0.2, -0.15) is 11.8 Å². The van der Waals surface area contributed by atoms with Crippen LogP contribution >= 0.6 is 11.8 Å². The van der Waals surface area contributed by atoms with Crippen molar-refractivity contribution in [2.75, 3.05) is 52.2 Å². The topological polar surface area (TPSA) is 44.7 Å². The average molecular weight is 248 g/mol. The Morgan fingerprint density at radius 1 is 1.62 bits per heavy atom. The van der Waals surface area contributed by atoms with E-state index in [0.29, 0.717) is 18.4 Å². The van der Waals surface area contributed by atoms with Crippen molar-refractivity contribution in [3.8, 4) is 0 Å². The first kappa shape index (κ1) is 14.3. The van der Waals surface area contributed by atoms with Gasteiger partial charge in [-0.05, 0) is 0 Å². The number of nitrogens with one attached hydrogen (secondary N) is 1. The molecule has 0 aliphatic carbocycles. The molecule has 2 unspecified atom stereocenters. The molecule has 5 heteroatoms. The largest absolute Gasteiger partial charge is 0.390 e. The molecule has 96 valence electrons. The highest BCUT2D eigenvalue weighted by Crippen LogP contribution is 2.17. The smallest absolute Gasteiger partial charge is 0.0791 e. The van der Waals surface area contributed by atoms with Gasteiger partial charge in [0.15, 0.2) is 0 Å². The standard InChI is InChI=1S/C11H24N2O2S/c1-10-8-13(4-6-16-10)9-11(14)7-12-3-5-15-2/h10-12,14H,3-9H2,1-2H3. The second-order valence-corrected chi connectivity index (χ2v) is 5.84. The molecule has 0 aromatic heterocycles. The molecule has 16 heavy (non-hydrogen) atoms. The van der Waals surface area contributed by atoms with Crippen molar-refractivity contribution in [2.24, 2.45) is 0 Å². The van der Waals surface area contributed by atoms with Gasteiger partial charge in [-0.25, -0.2) is 0 Å². The van der Waals surface area contributed by atoms with E-state index in [9.17, 15) is 5.11 Å². The van der Waals surface area contributed by atoms with E-state index in [1.807, 2.05) is 11.8 Å². The van der Waals surface area contributed by atoms with Crippen LogP contribution in [0.3, 0.4) is 0 Å². The second-order valence-electron chi connectivity index (χ2n) is 4.29. The number of rotatable bonds is 7. The Morgan fingerprint density at radius 2 is 2.44 bits per heavy atom. The summed E-state index contributed by atoms with van der Waals surface area (Å²) in [4.78, 5) is 2.35. The third-order valence-electron chi connectivity index (χ3n) is 2.66. The van der Waals surface area contributed by atoms with Gasteiger partial charge in [-0.3, -0.25) is 4.90 Å². The zero-order valence-corrected chi connectivity index (χ0v) is 11.1. The number of hydrogen-bond donors (Lipinski definition) is 2. The highest BCUT2D eigenvalue weighted by Gasteiger charge is 2.18. The lowest BCUT2D eigenvalue weighted by molar-refractivity contribution is 0.110. The zero-order valence-electron chi connectivity index (χ0n) is 10.3. The third-order valence-corrected chi connectivity index (χ3v) is 3.79. The summed E-state index contributed by atoms with van der Waals surface area (Å²) in [6.45, 7) is 7.39. The first-order valence-corrected chi connectivity index (χ1v) is 6.99. The van der Waals surface area contributed by atoms with Gasteiger partial charge in [0, 0.05) is 50.8 Å². The van der Waals surface area contributed by atoms with Gasteiger partial charge in [0.2, 0.25) is 0 Å². The lowest BCUT2D eigenvalue weighted by Crippen LogP contribution is -2.44. The summed E-state index contributed by atoms with van der Waals surface area (Å²) in [5.41, 5.74) is 0. The Morgan fingerprint density at radius 3 is 3.12 bits per heavy atom. The van der Waals surface area contributed by atoms with E-state index < -0.39 is 0 Å². The number of nitrogens with zero attached hydrogens (tertiary/aromatic N) is 1. The first-order valence-electron chi connectivity index (χ1n) is 5.94. The molecule has 0 amide bonds. The van der Waals surface area contributed by atoms with E-state index in [1.165, 1.54) is 5.75 Å². The molecule has 1 heterocycles. The molecule has 0 saturated carbocycles. The summed E-state index contributed by atoms with van der Waals surface area (Å²) in [5, 5.41) is 13.7. The maximum atomic E-state index is 9.84. The van der Waals surface area contributed by atoms with Gasteiger partial charge in [0.05, 0.1) is 12.7 Å². The molecule has 1 rings (SSSR count). The Balaban J connectivity index is 2.06. The maximum absolute atomic E-state index is 9.84. The van der Waals surface area contributed by atoms with E-state index in [4.69, 9.17) is 4.74 Å². The summed E-state index contributed by atoms with van der Waals surface area (Å²) < 4.78 is 4.93. The Labute approximate surface area is 103 Å². The van der Waals surface area contributed by atoms with Gasteiger partial charge in [0.1, 0.15) is 0 Å². The molecule has 0 spiro atoms. The van der Waals surface area contributed by atoms with E-state index in [-0.39, 0.29) is 6.10 Å². The minimum absolute atomic E-state index is 0.271. The van der Waals surface area contributed by atoms with Crippen LogP contribution in [0.25, 0.3) is 0 Å². The third kappa shape index (κ3) is 6.06. The van der Waals surface area contributed by atoms with Crippen LogP contribution in [-0.2, 0) is 4.74 Å². The number of β-amino-alcohol motifs (C(OH)–C–C–N with tert-alkyl or cyclic N) is 1. The fourth-order valence-corrected chi connectivity index (χ4v) is 2.94. The number of hydrogen-bond acceptors (Lipinski definition) is 5. The SMILES string of the molecule is COCCNCC(O)CN1CCSC(C)C1. The van der Waals surface area contributed by atoms with Crippen LogP contribution in [0.2, 0.25) is 0 Å². The van der Waals surface area contributed by atoms with Crippen LogP contribution in [0.15, 0.2) is 0 Å². The fourth-order valence-electron chi connectivity index (χ4n) is 1.86. The average Bonchev–Trinajstić information content (AvgIpc) is 2.24. The number of aliphatic hydroxyl groups excluding tert-OH is 1. The minimum Gasteiger partial charge on any atom is -0.390 e. The van der Waals surface area contributed by atoms with Crippen molar-refractivity contribution < 1.29 is 9.84 Å². The number of ether oxygens (including phenoxy) is 1. The normalized spacial score (nSPS) is 24.6. The van der Waals surface area contributed by atoms with E-state index in [2.05, 4.69) is 17.1 Å². The predicted octanol–water partition coefficient (Wildman–Crippen LogP) is 0.0206. The van der Waals surface area contributed by atoms with Crippen LogP contribution in [0.1, 0.15) is 6.92 Å². The van der Waals surface area contributed by atoms with Crippen LogP contribution in [0, 0.1) is 0 Å². The monoisotopic (exact) mass is 248 g/mol. The molecular weight excluding hydrogens is 224 g/mol. The molecule has 0 aromatic rings. The van der Waals surface area contributed by atoms with Crippen molar-refractivity contribution in [1.29, 1.82) is 0 Å². The molecular formula is C11H24N2O2S. The van der Waals surface area contributed by atoms with Gasteiger partial charge in [-0.15, -0.1) is 0 Å². The molecule has 2 N–H and O–H groups in total. The summed E-state index contributed by atoms with van der Waals surface area (Å²) >= 11 is 2.02. The van der Waals surface area contributed by atoms with Gasteiger partial charge in [0.25, 0.3) is 0 Å². The van der Waals surface area contributed by atoms with E-state index >= 15 is 0 Å². The first-order chi connectivity index (χ1) is 7.72. The Kier molecular flexibility index (Phi) is 7.40. The summed E-state index contributed by atoms with van der Waals surface area (Å²) in [6.07, 6.45) is -0.271. The van der Waals surface area contributed by atoms with E-state index in [1.54, 1.807) is 7.11 Å². The minimum atomic E-state index is -0.271. The van der Waals surface area contributed by atoms with Gasteiger partial charge >= 0.3 is 0 Å². The number of thioether (sulfide) groups is 1. The fraction of sp³-hybridized carbons (Fsp3) is 1.00. The van der Waals surface area contributed by atoms with Gasteiger partial charge in [-0.1, -0.05) is 6.92 Å². The molecule has 1 fully saturated rings. The molecule has 0 radical (unpaired) electrons. The van der Waals surface area contributed by atoms with Crippen molar-refractivity contribution in [3.05, 3.63) is 0 Å². The molecule has 0 bridgehead atoms. The molecule has 1 aliphatic heterocycles. The second kappa shape index (κ2) is 8.31. The molecule has 4 nitrogen and oxygen atoms in total. The highest BCUT2D eigenvalue weighted by molar-refractivity contribution is 7.99. The Hall–Kier alpha value is 0.190. The lowest BCUT2D eigenvalue weighted by Gasteiger charge is -2.31. The summed E-state index contributed by atoms with van der Waals surface area (Å²) in [6, 6.07) is 0. The van der Waals surface area contributed by atoms with Crippen molar-refractivity contribution in [3.63, 3.8) is 0 Å². The Bertz CT molecular complexity index is 183. The maximum Gasteiger partial charge on any atom is 0.0791 e. The zero-order chi connectivity index (χ0) is 11.8. The summed E-state index contributed by atoms with van der Waals surface area (Å²) in [7, 11) is 1.69. The van der Waals surface area contributed by atoms with Crippen LogP contribution in [-0.4, -0.2) is 73.6 Å². The van der Waals surface area contributed by atoms with Crippen LogP contribution in [0.4, 0.5) is 0 Å². The molecule has 1 aliphatic rings. The molecule has 1 saturated heterocycles. The van der Waals surface area contributed by atoms with Gasteiger partial charge < -0.3 is 15.2 Å².